The van der Waals surface area contributed by atoms with Crippen molar-refractivity contribution in [3.63, 3.8) is 0 Å². The smallest absolute Gasteiger partial charge is 0.407 e. The monoisotopic (exact) mass is 376 g/mol. The molecule has 10 heteroatoms. The second-order valence-corrected chi connectivity index (χ2v) is 5.77. The normalized spacial score (nSPS) is 10.9. The lowest BCUT2D eigenvalue weighted by molar-refractivity contribution is 0.143. The summed E-state index contributed by atoms with van der Waals surface area (Å²) in [7, 11) is 0. The Labute approximate surface area is 153 Å². The largest absolute Gasteiger partial charge is 0.450 e. The maximum Gasteiger partial charge on any atom is 0.407 e. The van der Waals surface area contributed by atoms with Crippen LogP contribution in [-0.4, -0.2) is 32.2 Å². The van der Waals surface area contributed by atoms with Crippen LogP contribution in [0.3, 0.4) is 0 Å². The van der Waals surface area contributed by atoms with Crippen LogP contribution in [0.1, 0.15) is 18.4 Å². The number of nitrogens with two attached hydrogens (primary N) is 1. The van der Waals surface area contributed by atoms with Gasteiger partial charge in [0.2, 0.25) is 0 Å². The number of nitrogens with one attached hydrogen (secondary N) is 1. The minimum absolute atomic E-state index is 0.176. The summed E-state index contributed by atoms with van der Waals surface area (Å²) in [6.07, 6.45) is 3.59. The molecule has 3 aromatic rings. The molecule has 3 rings (SSSR count). The molecule has 0 unspecified atom stereocenters. The number of rotatable bonds is 7. The number of unbranched alkanes of at least 4 members (excludes halogenated alkanes) is 1. The van der Waals surface area contributed by atoms with Gasteiger partial charge < -0.3 is 20.4 Å². The van der Waals surface area contributed by atoms with E-state index in [4.69, 9.17) is 10.5 Å². The number of nitrogen functional groups attached to an aromatic ring is 1. The highest BCUT2D eigenvalue weighted by atomic mass is 19.1. The Balaban J connectivity index is 1.38. The molecule has 2 heterocycles. The van der Waals surface area contributed by atoms with Gasteiger partial charge >= 0.3 is 6.09 Å². The number of carbonyl (C=O) groups excluding carboxylic acids is 1. The second-order valence-electron chi connectivity index (χ2n) is 5.77. The van der Waals surface area contributed by atoms with E-state index in [2.05, 4.69) is 20.3 Å². The number of aryl methyl sites for hydroxylation is 1. The molecule has 0 aliphatic carbocycles. The number of anilines is 1. The average molecular weight is 376 g/mol. The Hall–Kier alpha value is -3.30. The number of fused-ring (bicyclic) bond motifs is 1. The third-order valence-electron chi connectivity index (χ3n) is 3.93. The fourth-order valence-electron chi connectivity index (χ4n) is 2.52. The Morgan fingerprint density at radius 2 is 1.96 bits per heavy atom. The minimum atomic E-state index is -0.730. The Bertz CT molecular complexity index is 926. The molecular weight excluding hydrogens is 358 g/mol. The molecule has 27 heavy (non-hydrogen) atoms. The zero-order valence-corrected chi connectivity index (χ0v) is 14.4. The summed E-state index contributed by atoms with van der Waals surface area (Å²) in [5.41, 5.74) is 6.72. The predicted molar refractivity (Wildman–Crippen MR) is 93.5 cm³/mol. The van der Waals surface area contributed by atoms with E-state index in [0.717, 1.165) is 12.1 Å². The molecule has 3 N–H and O–H groups in total. The molecule has 0 spiro atoms. The number of benzene rings is 1. The Morgan fingerprint density at radius 3 is 2.74 bits per heavy atom. The lowest BCUT2D eigenvalue weighted by Gasteiger charge is -2.09. The van der Waals surface area contributed by atoms with E-state index in [0.29, 0.717) is 36.4 Å². The summed E-state index contributed by atoms with van der Waals surface area (Å²) in [4.78, 5) is 23.8. The molecule has 0 saturated heterocycles. The van der Waals surface area contributed by atoms with Gasteiger partial charge in [-0.15, -0.1) is 0 Å². The maximum atomic E-state index is 13.5. The van der Waals surface area contributed by atoms with Crippen LogP contribution in [0.2, 0.25) is 0 Å². The first-order valence-corrected chi connectivity index (χ1v) is 8.31. The van der Waals surface area contributed by atoms with Crippen molar-refractivity contribution in [2.24, 2.45) is 0 Å². The average Bonchev–Trinajstić information content (AvgIpc) is 3.05. The standard InChI is InChI=1S/C17H18F2N6O2/c18-12-4-3-5-13(19)11(12)8-21-17(26)27-7-2-1-6-25-10-24-14-15(20)22-9-23-16(14)25/h3-5,9-10H,1-2,6-8H2,(H,21,26)(H2,20,22,23). The van der Waals surface area contributed by atoms with Crippen LogP contribution in [0, 0.1) is 11.6 Å². The van der Waals surface area contributed by atoms with Crippen molar-refractivity contribution < 1.29 is 18.3 Å². The van der Waals surface area contributed by atoms with Gasteiger partial charge in [0.1, 0.15) is 23.5 Å². The molecule has 2 aromatic heterocycles. The number of amides is 1. The van der Waals surface area contributed by atoms with Crippen LogP contribution in [0.15, 0.2) is 30.9 Å². The molecule has 142 valence electrons. The van der Waals surface area contributed by atoms with Gasteiger partial charge in [-0.1, -0.05) is 6.07 Å². The molecule has 0 aliphatic rings. The van der Waals surface area contributed by atoms with Gasteiger partial charge in [0, 0.05) is 12.1 Å². The van der Waals surface area contributed by atoms with Gasteiger partial charge in [-0.05, 0) is 25.0 Å². The molecule has 1 amide bonds. The molecule has 0 bridgehead atoms. The van der Waals surface area contributed by atoms with Gasteiger partial charge in [-0.25, -0.2) is 28.5 Å². The highest BCUT2D eigenvalue weighted by Gasteiger charge is 2.10. The van der Waals surface area contributed by atoms with Crippen molar-refractivity contribution in [2.75, 3.05) is 12.3 Å². The molecule has 0 saturated carbocycles. The summed E-state index contributed by atoms with van der Waals surface area (Å²) in [6, 6.07) is 3.52. The number of carbonyl (C=O) groups is 1. The number of hydrogen-bond acceptors (Lipinski definition) is 6. The first-order chi connectivity index (χ1) is 13.1. The molecule has 0 radical (unpaired) electrons. The first-order valence-electron chi connectivity index (χ1n) is 8.31. The number of aromatic nitrogens is 4. The topological polar surface area (TPSA) is 108 Å². The van der Waals surface area contributed by atoms with Gasteiger partial charge in [0.05, 0.1) is 19.5 Å². The zero-order chi connectivity index (χ0) is 19.2. The van der Waals surface area contributed by atoms with E-state index in [-0.39, 0.29) is 18.7 Å². The number of halogens is 2. The molecular formula is C17H18F2N6O2. The number of ether oxygens (including phenoxy) is 1. The Morgan fingerprint density at radius 1 is 1.19 bits per heavy atom. The van der Waals surface area contributed by atoms with Gasteiger partial charge in [0.15, 0.2) is 11.5 Å². The summed E-state index contributed by atoms with van der Waals surface area (Å²) in [5.74, 6) is -1.11. The molecule has 1 aromatic carbocycles. The summed E-state index contributed by atoms with van der Waals surface area (Å²) in [6.45, 7) is 0.521. The number of imidazole rings is 1. The predicted octanol–water partition coefficient (Wildman–Crippen LogP) is 2.39. The number of hydrogen-bond donors (Lipinski definition) is 2. The van der Waals surface area contributed by atoms with E-state index < -0.39 is 17.7 Å². The first kappa shape index (κ1) is 18.5. The van der Waals surface area contributed by atoms with Crippen molar-refractivity contribution in [1.82, 2.24) is 24.8 Å². The van der Waals surface area contributed by atoms with Crippen molar-refractivity contribution in [1.29, 1.82) is 0 Å². The SMILES string of the molecule is Nc1ncnc2c1ncn2CCCCOC(=O)NCc1c(F)cccc1F. The van der Waals surface area contributed by atoms with E-state index >= 15 is 0 Å². The van der Waals surface area contributed by atoms with Crippen LogP contribution >= 0.6 is 0 Å². The van der Waals surface area contributed by atoms with Crippen LogP contribution in [0.4, 0.5) is 19.4 Å². The van der Waals surface area contributed by atoms with E-state index in [1.807, 2.05) is 4.57 Å². The van der Waals surface area contributed by atoms with Crippen molar-refractivity contribution in [3.05, 3.63) is 48.1 Å². The highest BCUT2D eigenvalue weighted by Crippen LogP contribution is 2.15. The molecule has 0 aliphatic heterocycles. The fraction of sp³-hybridized carbons (Fsp3) is 0.294. The minimum Gasteiger partial charge on any atom is -0.450 e. The van der Waals surface area contributed by atoms with Gasteiger partial charge in [-0.3, -0.25) is 0 Å². The lowest BCUT2D eigenvalue weighted by Crippen LogP contribution is -2.25. The third kappa shape index (κ3) is 4.46. The van der Waals surface area contributed by atoms with E-state index in [1.165, 1.54) is 12.4 Å². The van der Waals surface area contributed by atoms with Gasteiger partial charge in [0.25, 0.3) is 0 Å². The molecule has 0 fully saturated rings. The molecule has 8 nitrogen and oxygen atoms in total. The van der Waals surface area contributed by atoms with Crippen LogP contribution in [0.5, 0.6) is 0 Å². The van der Waals surface area contributed by atoms with Crippen LogP contribution < -0.4 is 11.1 Å². The molecule has 0 atom stereocenters. The van der Waals surface area contributed by atoms with Crippen molar-refractivity contribution in [3.8, 4) is 0 Å². The third-order valence-corrected chi connectivity index (χ3v) is 3.93. The zero-order valence-electron chi connectivity index (χ0n) is 14.4. The van der Waals surface area contributed by atoms with Crippen LogP contribution in [0.25, 0.3) is 11.2 Å². The van der Waals surface area contributed by atoms with Crippen LogP contribution in [-0.2, 0) is 17.8 Å². The van der Waals surface area contributed by atoms with E-state index in [1.54, 1.807) is 6.33 Å². The fourth-order valence-corrected chi connectivity index (χ4v) is 2.52. The maximum absolute atomic E-state index is 13.5. The van der Waals surface area contributed by atoms with Crippen molar-refractivity contribution in [2.45, 2.75) is 25.9 Å². The summed E-state index contributed by atoms with van der Waals surface area (Å²) in [5, 5.41) is 2.33. The quantitative estimate of drug-likeness (QED) is 0.613. The Kier molecular flexibility index (Phi) is 5.74. The lowest BCUT2D eigenvalue weighted by atomic mass is 10.2. The van der Waals surface area contributed by atoms with Gasteiger partial charge in [-0.2, -0.15) is 0 Å². The summed E-state index contributed by atoms with van der Waals surface area (Å²) >= 11 is 0. The van der Waals surface area contributed by atoms with E-state index in [9.17, 15) is 13.6 Å². The van der Waals surface area contributed by atoms with Crippen molar-refractivity contribution >= 4 is 23.1 Å². The number of nitrogens with zero attached hydrogens (tertiary/aromatic N) is 4. The second kappa shape index (κ2) is 8.39. The number of alkyl carbamates (subject to hydrolysis) is 1. The summed E-state index contributed by atoms with van der Waals surface area (Å²) < 4.78 is 33.8. The highest BCUT2D eigenvalue weighted by molar-refractivity contribution is 5.81.